The summed E-state index contributed by atoms with van der Waals surface area (Å²) in [4.78, 5) is 4.74. The van der Waals surface area contributed by atoms with E-state index in [0.29, 0.717) is 0 Å². The standard InChI is InChI=1S/C59H43N3/c1-5-22-48(23-6-1)60(49-24-7-2-8-25-49)56-31-17-15-21-47(56)39-43-33-37-58-54(40-43)55-42-46(35-38-59(55)62(58)52-36-34-44-19-13-14-20-45(44)41-52)53-30-16-18-32-57(53)61(50-26-9-3-10-27-50)51-28-11-4-12-29-51/h1-38,40-42H,39H2. The van der Waals surface area contributed by atoms with Crippen molar-refractivity contribution in [1.29, 1.82) is 0 Å². The van der Waals surface area contributed by atoms with E-state index < -0.39 is 0 Å². The van der Waals surface area contributed by atoms with Crippen LogP contribution in [0.15, 0.2) is 249 Å². The highest BCUT2D eigenvalue weighted by Gasteiger charge is 2.20. The van der Waals surface area contributed by atoms with Crippen LogP contribution in [-0.4, -0.2) is 4.57 Å². The maximum absolute atomic E-state index is 2.44. The summed E-state index contributed by atoms with van der Waals surface area (Å²) in [5, 5.41) is 4.91. The Bertz CT molecular complexity index is 3240. The van der Waals surface area contributed by atoms with E-state index in [1.807, 2.05) is 0 Å². The molecule has 0 fully saturated rings. The molecule has 0 spiro atoms. The van der Waals surface area contributed by atoms with Crippen molar-refractivity contribution in [1.82, 2.24) is 4.57 Å². The third-order valence-corrected chi connectivity index (χ3v) is 12.0. The summed E-state index contributed by atoms with van der Waals surface area (Å²) < 4.78 is 2.44. The molecular formula is C59H43N3. The molecule has 0 aliphatic carbocycles. The van der Waals surface area contributed by atoms with Crippen molar-refractivity contribution >= 4 is 66.7 Å². The SMILES string of the molecule is c1ccc(N(c2ccccc2)c2ccccc2Cc2ccc3c(c2)c2cc(-c4ccccc4N(c4ccccc4)c4ccccc4)ccc2n3-c2ccc3ccccc3c2)cc1. The van der Waals surface area contributed by atoms with E-state index in [1.54, 1.807) is 0 Å². The first-order chi connectivity index (χ1) is 30.8. The van der Waals surface area contributed by atoms with Crippen LogP contribution in [0.5, 0.6) is 0 Å². The van der Waals surface area contributed by atoms with Gasteiger partial charge in [-0.2, -0.15) is 0 Å². The monoisotopic (exact) mass is 793 g/mol. The summed E-state index contributed by atoms with van der Waals surface area (Å²) >= 11 is 0. The van der Waals surface area contributed by atoms with Gasteiger partial charge >= 0.3 is 0 Å². The Hall–Kier alpha value is -8.14. The Balaban J connectivity index is 1.08. The fourth-order valence-corrected chi connectivity index (χ4v) is 9.12. The third kappa shape index (κ3) is 6.86. The first kappa shape index (κ1) is 36.9. The molecule has 0 aliphatic heterocycles. The van der Waals surface area contributed by atoms with Gasteiger partial charge in [0.05, 0.1) is 16.7 Å². The van der Waals surface area contributed by atoms with E-state index >= 15 is 0 Å². The number of hydrogen-bond donors (Lipinski definition) is 0. The van der Waals surface area contributed by atoms with Gasteiger partial charge < -0.3 is 14.4 Å². The van der Waals surface area contributed by atoms with Gasteiger partial charge in [0.1, 0.15) is 0 Å². The van der Waals surface area contributed by atoms with E-state index in [0.717, 1.165) is 40.5 Å². The van der Waals surface area contributed by atoms with Gasteiger partial charge in [-0.3, -0.25) is 0 Å². The van der Waals surface area contributed by atoms with Crippen molar-refractivity contribution in [3.8, 4) is 16.8 Å². The number of nitrogens with zero attached hydrogens (tertiary/aromatic N) is 3. The van der Waals surface area contributed by atoms with Crippen molar-refractivity contribution < 1.29 is 0 Å². The van der Waals surface area contributed by atoms with Crippen molar-refractivity contribution in [3.05, 3.63) is 260 Å². The van der Waals surface area contributed by atoms with Crippen LogP contribution in [0.1, 0.15) is 11.1 Å². The lowest BCUT2D eigenvalue weighted by atomic mass is 9.98. The number of anilines is 6. The van der Waals surface area contributed by atoms with E-state index in [4.69, 9.17) is 0 Å². The number of fused-ring (bicyclic) bond motifs is 4. The highest BCUT2D eigenvalue weighted by Crippen LogP contribution is 2.43. The van der Waals surface area contributed by atoms with Crippen molar-refractivity contribution in [2.45, 2.75) is 6.42 Å². The summed E-state index contributed by atoms with van der Waals surface area (Å²) in [6.45, 7) is 0. The minimum Gasteiger partial charge on any atom is -0.310 e. The normalized spacial score (nSPS) is 11.3. The number of benzene rings is 10. The first-order valence-corrected chi connectivity index (χ1v) is 21.3. The lowest BCUT2D eigenvalue weighted by Gasteiger charge is -2.27. The largest absolute Gasteiger partial charge is 0.310 e. The Labute approximate surface area is 362 Å². The molecule has 0 amide bonds. The molecule has 11 aromatic rings. The van der Waals surface area contributed by atoms with Crippen LogP contribution in [-0.2, 0) is 6.42 Å². The van der Waals surface area contributed by atoms with Gasteiger partial charge in [0.25, 0.3) is 0 Å². The molecule has 62 heavy (non-hydrogen) atoms. The van der Waals surface area contributed by atoms with Gasteiger partial charge in [-0.25, -0.2) is 0 Å². The Morgan fingerprint density at radius 1 is 0.339 bits per heavy atom. The number of aromatic nitrogens is 1. The third-order valence-electron chi connectivity index (χ3n) is 12.0. The second kappa shape index (κ2) is 16.1. The number of hydrogen-bond acceptors (Lipinski definition) is 2. The van der Waals surface area contributed by atoms with Gasteiger partial charge in [0, 0.05) is 50.5 Å². The fourth-order valence-electron chi connectivity index (χ4n) is 9.12. The quantitative estimate of drug-likeness (QED) is 0.137. The molecule has 3 heteroatoms. The second-order valence-corrected chi connectivity index (χ2v) is 15.8. The molecule has 11 rings (SSSR count). The van der Waals surface area contributed by atoms with Gasteiger partial charge in [0.2, 0.25) is 0 Å². The number of para-hydroxylation sites is 6. The van der Waals surface area contributed by atoms with E-state index in [2.05, 4.69) is 263 Å². The fraction of sp³-hybridized carbons (Fsp3) is 0.0169. The van der Waals surface area contributed by atoms with E-state index in [-0.39, 0.29) is 0 Å². The van der Waals surface area contributed by atoms with Crippen LogP contribution >= 0.6 is 0 Å². The maximum atomic E-state index is 2.44. The average Bonchev–Trinajstić information content (AvgIpc) is 3.66. The number of rotatable bonds is 10. The van der Waals surface area contributed by atoms with Gasteiger partial charge in [-0.1, -0.05) is 152 Å². The zero-order chi connectivity index (χ0) is 41.2. The highest BCUT2D eigenvalue weighted by molar-refractivity contribution is 6.11. The maximum Gasteiger partial charge on any atom is 0.0541 e. The topological polar surface area (TPSA) is 11.4 Å². The zero-order valence-electron chi connectivity index (χ0n) is 34.2. The molecule has 1 aromatic heterocycles. The van der Waals surface area contributed by atoms with E-state index in [1.165, 1.54) is 60.5 Å². The average molecular weight is 794 g/mol. The van der Waals surface area contributed by atoms with Crippen LogP contribution in [0, 0.1) is 0 Å². The highest BCUT2D eigenvalue weighted by atomic mass is 15.1. The minimum absolute atomic E-state index is 0.774. The summed E-state index contributed by atoms with van der Waals surface area (Å²) in [6.07, 6.45) is 0.774. The molecular weight excluding hydrogens is 751 g/mol. The summed E-state index contributed by atoms with van der Waals surface area (Å²) in [7, 11) is 0. The molecule has 1 heterocycles. The van der Waals surface area contributed by atoms with Crippen LogP contribution in [0.25, 0.3) is 49.4 Å². The predicted octanol–water partition coefficient (Wildman–Crippen LogP) is 16.1. The molecule has 294 valence electrons. The molecule has 10 aromatic carbocycles. The van der Waals surface area contributed by atoms with Gasteiger partial charge in [0.15, 0.2) is 0 Å². The predicted molar refractivity (Wildman–Crippen MR) is 262 cm³/mol. The smallest absolute Gasteiger partial charge is 0.0541 e. The van der Waals surface area contributed by atoms with Crippen LogP contribution in [0.2, 0.25) is 0 Å². The lowest BCUT2D eigenvalue weighted by molar-refractivity contribution is 1.15. The van der Waals surface area contributed by atoms with Crippen molar-refractivity contribution in [2.24, 2.45) is 0 Å². The van der Waals surface area contributed by atoms with Crippen LogP contribution in [0.4, 0.5) is 34.1 Å². The molecule has 0 saturated heterocycles. The molecule has 0 aliphatic rings. The minimum atomic E-state index is 0.774. The van der Waals surface area contributed by atoms with Gasteiger partial charge in [-0.15, -0.1) is 0 Å². The molecule has 0 saturated carbocycles. The van der Waals surface area contributed by atoms with E-state index in [9.17, 15) is 0 Å². The first-order valence-electron chi connectivity index (χ1n) is 21.3. The molecule has 0 atom stereocenters. The van der Waals surface area contributed by atoms with Crippen LogP contribution in [0.3, 0.4) is 0 Å². The Morgan fingerprint density at radius 3 is 1.45 bits per heavy atom. The summed E-state index contributed by atoms with van der Waals surface area (Å²) in [6, 6.07) is 89.8. The molecule has 3 nitrogen and oxygen atoms in total. The Morgan fingerprint density at radius 2 is 0.823 bits per heavy atom. The summed E-state index contributed by atoms with van der Waals surface area (Å²) in [5.41, 5.74) is 15.1. The lowest BCUT2D eigenvalue weighted by Crippen LogP contribution is -2.12. The van der Waals surface area contributed by atoms with Crippen molar-refractivity contribution in [2.75, 3.05) is 9.80 Å². The molecule has 0 N–H and O–H groups in total. The summed E-state index contributed by atoms with van der Waals surface area (Å²) in [5.74, 6) is 0. The van der Waals surface area contributed by atoms with Crippen molar-refractivity contribution in [3.63, 3.8) is 0 Å². The van der Waals surface area contributed by atoms with Gasteiger partial charge in [-0.05, 0) is 131 Å². The van der Waals surface area contributed by atoms with Crippen LogP contribution < -0.4 is 9.80 Å². The second-order valence-electron chi connectivity index (χ2n) is 15.8. The zero-order valence-corrected chi connectivity index (χ0v) is 34.2. The molecule has 0 bridgehead atoms. The Kier molecular flexibility index (Phi) is 9.61. The molecule has 0 radical (unpaired) electrons. The molecule has 0 unspecified atom stereocenters.